The Labute approximate surface area is 154 Å². The second-order valence-electron chi connectivity index (χ2n) is 6.11. The molecule has 1 aliphatic rings. The summed E-state index contributed by atoms with van der Waals surface area (Å²) in [6, 6.07) is 10.6. The average Bonchev–Trinajstić information content (AvgIpc) is 2.73. The quantitative estimate of drug-likeness (QED) is 0.637. The Morgan fingerprint density at radius 1 is 1.23 bits per heavy atom. The van der Waals surface area contributed by atoms with E-state index < -0.39 is 0 Å². The molecule has 1 aromatic heterocycles. The Morgan fingerprint density at radius 3 is 2.88 bits per heavy atom. The summed E-state index contributed by atoms with van der Waals surface area (Å²) in [6.45, 7) is 1.82. The third-order valence-corrected chi connectivity index (χ3v) is 4.43. The number of rotatable bonds is 2. The second kappa shape index (κ2) is 6.31. The molecule has 0 saturated carbocycles. The number of phenols is 1. The fourth-order valence-corrected chi connectivity index (χ4v) is 3.01. The number of hydrogen-bond donors (Lipinski definition) is 3. The fourth-order valence-electron chi connectivity index (χ4n) is 2.84. The maximum atomic E-state index is 12.1. The van der Waals surface area contributed by atoms with Crippen LogP contribution >= 0.6 is 11.6 Å². The summed E-state index contributed by atoms with van der Waals surface area (Å²) >= 11 is 6.05. The monoisotopic (exact) mass is 366 g/mol. The van der Waals surface area contributed by atoms with Crippen LogP contribution in [0.3, 0.4) is 0 Å². The molecule has 26 heavy (non-hydrogen) atoms. The van der Waals surface area contributed by atoms with Gasteiger partial charge in [-0.25, -0.2) is 9.97 Å². The molecule has 3 N–H and O–H groups in total. The van der Waals surface area contributed by atoms with Gasteiger partial charge in [0.1, 0.15) is 5.75 Å². The number of nitrogens with zero attached hydrogens (tertiary/aromatic N) is 2. The topological polar surface area (TPSA) is 87.1 Å². The van der Waals surface area contributed by atoms with Crippen molar-refractivity contribution in [3.05, 3.63) is 58.7 Å². The molecule has 1 aliphatic heterocycles. The summed E-state index contributed by atoms with van der Waals surface area (Å²) in [4.78, 5) is 21.0. The summed E-state index contributed by atoms with van der Waals surface area (Å²) in [7, 11) is 0. The molecule has 130 valence electrons. The fraction of sp³-hybridized carbons (Fsp3) is 0.105. The van der Waals surface area contributed by atoms with Crippen LogP contribution in [0.25, 0.3) is 11.3 Å². The van der Waals surface area contributed by atoms with Crippen LogP contribution in [0.15, 0.2) is 42.6 Å². The van der Waals surface area contributed by atoms with E-state index in [4.69, 9.17) is 11.6 Å². The van der Waals surface area contributed by atoms with Gasteiger partial charge in [-0.05, 0) is 36.8 Å². The lowest BCUT2D eigenvalue weighted by Crippen LogP contribution is -2.12. The highest BCUT2D eigenvalue weighted by molar-refractivity contribution is 6.31. The molecule has 0 bridgehead atoms. The first-order chi connectivity index (χ1) is 12.5. The maximum Gasteiger partial charge on any atom is 0.228 e. The molecule has 4 rings (SSSR count). The molecular weight excluding hydrogens is 352 g/mol. The largest absolute Gasteiger partial charge is 0.508 e. The second-order valence-corrected chi connectivity index (χ2v) is 6.55. The van der Waals surface area contributed by atoms with Gasteiger partial charge in [0.25, 0.3) is 0 Å². The lowest BCUT2D eigenvalue weighted by atomic mass is 10.1. The van der Waals surface area contributed by atoms with Crippen molar-refractivity contribution in [2.24, 2.45) is 0 Å². The van der Waals surface area contributed by atoms with Crippen molar-refractivity contribution in [2.75, 3.05) is 10.6 Å². The van der Waals surface area contributed by atoms with Crippen LogP contribution in [0.1, 0.15) is 11.1 Å². The summed E-state index contributed by atoms with van der Waals surface area (Å²) in [5.41, 5.74) is 4.28. The number of carbonyl (C=O) groups excluding carboxylic acids is 1. The highest BCUT2D eigenvalue weighted by Gasteiger charge is 2.21. The van der Waals surface area contributed by atoms with Crippen LogP contribution in [0.5, 0.6) is 5.75 Å². The number of anilines is 3. The number of carbonyl (C=O) groups is 1. The minimum atomic E-state index is -0.139. The minimum absolute atomic E-state index is 0.139. The molecule has 7 heteroatoms. The van der Waals surface area contributed by atoms with Gasteiger partial charge in [-0.3, -0.25) is 4.79 Å². The van der Waals surface area contributed by atoms with Gasteiger partial charge in [0, 0.05) is 34.1 Å². The SMILES string of the molecule is Cc1ccc(Nc2ncc3c(n2)-c2ccc(Cl)cc2NC(=O)C3)cc1O. The van der Waals surface area contributed by atoms with Gasteiger partial charge >= 0.3 is 0 Å². The van der Waals surface area contributed by atoms with E-state index in [9.17, 15) is 9.90 Å². The smallest absolute Gasteiger partial charge is 0.228 e. The number of benzene rings is 2. The molecule has 0 radical (unpaired) electrons. The number of nitrogens with one attached hydrogen (secondary N) is 2. The van der Waals surface area contributed by atoms with E-state index in [-0.39, 0.29) is 18.1 Å². The first-order valence-electron chi connectivity index (χ1n) is 8.02. The standard InChI is InChI=1S/C19H15ClN4O2/c1-10-2-4-13(8-16(10)25)22-19-21-9-11-6-17(26)23-15-7-12(20)3-5-14(15)18(11)24-19/h2-5,7-9,25H,6H2,1H3,(H,23,26)(H,21,22,24). The molecule has 0 saturated heterocycles. The van der Waals surface area contributed by atoms with Crippen LogP contribution in [0, 0.1) is 6.92 Å². The molecular formula is C19H15ClN4O2. The Kier molecular flexibility index (Phi) is 3.97. The van der Waals surface area contributed by atoms with Crippen LogP contribution in [0.4, 0.5) is 17.3 Å². The van der Waals surface area contributed by atoms with Gasteiger partial charge in [0.2, 0.25) is 11.9 Å². The number of phenolic OH excluding ortho intramolecular Hbond substituents is 1. The van der Waals surface area contributed by atoms with Crippen LogP contribution in [-0.2, 0) is 11.2 Å². The predicted molar refractivity (Wildman–Crippen MR) is 101 cm³/mol. The molecule has 0 fully saturated rings. The highest BCUT2D eigenvalue weighted by Crippen LogP contribution is 2.35. The third kappa shape index (κ3) is 3.07. The van der Waals surface area contributed by atoms with Crippen molar-refractivity contribution in [1.29, 1.82) is 0 Å². The van der Waals surface area contributed by atoms with Crippen molar-refractivity contribution in [3.8, 4) is 17.0 Å². The lowest BCUT2D eigenvalue weighted by molar-refractivity contribution is -0.115. The summed E-state index contributed by atoms with van der Waals surface area (Å²) in [6.07, 6.45) is 1.83. The zero-order valence-electron chi connectivity index (χ0n) is 13.9. The van der Waals surface area contributed by atoms with Gasteiger partial charge < -0.3 is 15.7 Å². The van der Waals surface area contributed by atoms with E-state index in [2.05, 4.69) is 20.6 Å². The van der Waals surface area contributed by atoms with Crippen LogP contribution in [-0.4, -0.2) is 21.0 Å². The number of fused-ring (bicyclic) bond motifs is 3. The Balaban J connectivity index is 1.77. The zero-order chi connectivity index (χ0) is 18.3. The number of halogens is 1. The van der Waals surface area contributed by atoms with Crippen LogP contribution in [0.2, 0.25) is 5.02 Å². The van der Waals surface area contributed by atoms with Gasteiger partial charge in [0.05, 0.1) is 17.8 Å². The average molecular weight is 367 g/mol. The van der Waals surface area contributed by atoms with E-state index in [1.54, 1.807) is 30.5 Å². The Bertz CT molecular complexity index is 1040. The number of aryl methyl sites for hydroxylation is 1. The van der Waals surface area contributed by atoms with E-state index in [1.165, 1.54) is 0 Å². The van der Waals surface area contributed by atoms with E-state index in [1.807, 2.05) is 19.1 Å². The van der Waals surface area contributed by atoms with Gasteiger partial charge in [0.15, 0.2) is 0 Å². The summed E-state index contributed by atoms with van der Waals surface area (Å²) in [5.74, 6) is 0.432. The molecule has 0 aliphatic carbocycles. The maximum absolute atomic E-state index is 12.1. The van der Waals surface area contributed by atoms with Crippen molar-refractivity contribution in [2.45, 2.75) is 13.3 Å². The molecule has 0 atom stereocenters. The van der Waals surface area contributed by atoms with Crippen molar-refractivity contribution < 1.29 is 9.90 Å². The summed E-state index contributed by atoms with van der Waals surface area (Å²) in [5, 5.41) is 16.3. The highest BCUT2D eigenvalue weighted by atomic mass is 35.5. The predicted octanol–water partition coefficient (Wildman–Crippen LogP) is 4.05. The number of aromatic hydroxyl groups is 1. The number of aromatic nitrogens is 2. The molecule has 0 unspecified atom stereocenters. The molecule has 3 aromatic rings. The zero-order valence-corrected chi connectivity index (χ0v) is 14.6. The van der Waals surface area contributed by atoms with Gasteiger partial charge in [-0.1, -0.05) is 17.7 Å². The molecule has 2 aromatic carbocycles. The van der Waals surface area contributed by atoms with Gasteiger partial charge in [-0.15, -0.1) is 0 Å². The van der Waals surface area contributed by atoms with E-state index in [0.717, 1.165) is 16.7 Å². The third-order valence-electron chi connectivity index (χ3n) is 4.19. The van der Waals surface area contributed by atoms with E-state index >= 15 is 0 Å². The Hall–Kier alpha value is -3.12. The first kappa shape index (κ1) is 16.4. The number of hydrogen-bond acceptors (Lipinski definition) is 5. The van der Waals surface area contributed by atoms with Crippen molar-refractivity contribution in [1.82, 2.24) is 9.97 Å². The van der Waals surface area contributed by atoms with Crippen molar-refractivity contribution >= 4 is 34.8 Å². The molecule has 6 nitrogen and oxygen atoms in total. The lowest BCUT2D eigenvalue weighted by Gasteiger charge is -2.11. The Morgan fingerprint density at radius 2 is 2.08 bits per heavy atom. The van der Waals surface area contributed by atoms with Gasteiger partial charge in [-0.2, -0.15) is 0 Å². The molecule has 1 amide bonds. The van der Waals surface area contributed by atoms with Crippen LogP contribution < -0.4 is 10.6 Å². The van der Waals surface area contributed by atoms with Crippen molar-refractivity contribution in [3.63, 3.8) is 0 Å². The molecule has 0 spiro atoms. The molecule has 2 heterocycles. The normalized spacial score (nSPS) is 12.6. The first-order valence-corrected chi connectivity index (χ1v) is 8.40. The van der Waals surface area contributed by atoms with E-state index in [0.29, 0.717) is 28.0 Å². The minimum Gasteiger partial charge on any atom is -0.508 e. The summed E-state index contributed by atoms with van der Waals surface area (Å²) < 4.78 is 0. The number of amides is 1.